The lowest BCUT2D eigenvalue weighted by Crippen LogP contribution is -2.32. The standard InChI is InChI=1S/C17H14N2O/c1-13-16(12-11-14-7-3-2-4-8-14)19(20)17-10-6-5-9-15(17)18-13/h2-12H,1H3. The zero-order valence-corrected chi connectivity index (χ0v) is 11.2. The van der Waals surface area contributed by atoms with Crippen LogP contribution in [0.25, 0.3) is 23.2 Å². The van der Waals surface area contributed by atoms with Crippen LogP contribution in [0.15, 0.2) is 54.6 Å². The molecule has 0 unspecified atom stereocenters. The maximum absolute atomic E-state index is 12.4. The number of rotatable bonds is 2. The minimum absolute atomic E-state index is 0.576. The largest absolute Gasteiger partial charge is 0.618 e. The van der Waals surface area contributed by atoms with E-state index in [-0.39, 0.29) is 0 Å². The molecule has 0 N–H and O–H groups in total. The van der Waals surface area contributed by atoms with Gasteiger partial charge < -0.3 is 5.21 Å². The van der Waals surface area contributed by atoms with Crippen LogP contribution in [0, 0.1) is 12.1 Å². The summed E-state index contributed by atoms with van der Waals surface area (Å²) in [6.45, 7) is 1.85. The Kier molecular flexibility index (Phi) is 3.17. The van der Waals surface area contributed by atoms with Gasteiger partial charge in [-0.15, -0.1) is 0 Å². The third-order valence-electron chi connectivity index (χ3n) is 3.21. The van der Waals surface area contributed by atoms with Gasteiger partial charge in [-0.2, -0.15) is 4.73 Å². The number of nitrogens with zero attached hydrogens (tertiary/aromatic N) is 2. The summed E-state index contributed by atoms with van der Waals surface area (Å²) in [4.78, 5) is 4.48. The van der Waals surface area contributed by atoms with Gasteiger partial charge in [-0.25, -0.2) is 4.98 Å². The number of benzene rings is 2. The monoisotopic (exact) mass is 262 g/mol. The molecule has 0 spiro atoms. The quantitative estimate of drug-likeness (QED) is 0.525. The lowest BCUT2D eigenvalue weighted by atomic mass is 10.2. The van der Waals surface area contributed by atoms with Gasteiger partial charge in [0.15, 0.2) is 0 Å². The zero-order chi connectivity index (χ0) is 13.9. The summed E-state index contributed by atoms with van der Waals surface area (Å²) in [7, 11) is 0. The van der Waals surface area contributed by atoms with E-state index in [4.69, 9.17) is 0 Å². The zero-order valence-electron chi connectivity index (χ0n) is 11.2. The lowest BCUT2D eigenvalue weighted by Gasteiger charge is -2.06. The summed E-state index contributed by atoms with van der Waals surface area (Å²) in [5, 5.41) is 12.4. The van der Waals surface area contributed by atoms with Gasteiger partial charge in [0.25, 0.3) is 0 Å². The van der Waals surface area contributed by atoms with E-state index in [2.05, 4.69) is 4.98 Å². The molecule has 1 aromatic heterocycles. The number of hydrogen-bond acceptors (Lipinski definition) is 2. The van der Waals surface area contributed by atoms with Gasteiger partial charge in [0.05, 0.1) is 0 Å². The van der Waals surface area contributed by atoms with Crippen molar-refractivity contribution in [1.82, 2.24) is 4.98 Å². The highest BCUT2D eigenvalue weighted by Gasteiger charge is 2.12. The first kappa shape index (κ1) is 12.4. The highest BCUT2D eigenvalue weighted by molar-refractivity contribution is 5.74. The molecule has 0 aliphatic rings. The Labute approximate surface area is 117 Å². The molecular formula is C17H14N2O. The van der Waals surface area contributed by atoms with E-state index >= 15 is 0 Å². The van der Waals surface area contributed by atoms with Crippen LogP contribution in [0.5, 0.6) is 0 Å². The molecule has 3 aromatic rings. The molecule has 20 heavy (non-hydrogen) atoms. The van der Waals surface area contributed by atoms with Crippen LogP contribution in [0.3, 0.4) is 0 Å². The fourth-order valence-electron chi connectivity index (χ4n) is 2.17. The van der Waals surface area contributed by atoms with Gasteiger partial charge in [0.1, 0.15) is 11.2 Å². The van der Waals surface area contributed by atoms with Crippen molar-refractivity contribution in [1.29, 1.82) is 0 Å². The summed E-state index contributed by atoms with van der Waals surface area (Å²) in [6.07, 6.45) is 3.74. The first-order valence-corrected chi connectivity index (χ1v) is 6.48. The van der Waals surface area contributed by atoms with E-state index in [1.54, 1.807) is 6.07 Å². The summed E-state index contributed by atoms with van der Waals surface area (Å²) < 4.78 is 0.942. The molecule has 3 nitrogen and oxygen atoms in total. The molecule has 0 aliphatic heterocycles. The van der Waals surface area contributed by atoms with Crippen LogP contribution in [0.4, 0.5) is 0 Å². The Hall–Kier alpha value is -2.68. The third-order valence-corrected chi connectivity index (χ3v) is 3.21. The molecule has 1 heterocycles. The van der Waals surface area contributed by atoms with Gasteiger partial charge in [-0.3, -0.25) is 0 Å². The highest BCUT2D eigenvalue weighted by atomic mass is 16.5. The number of para-hydroxylation sites is 2. The fraction of sp³-hybridized carbons (Fsp3) is 0.0588. The van der Waals surface area contributed by atoms with Gasteiger partial charge in [0.2, 0.25) is 11.2 Å². The predicted molar refractivity (Wildman–Crippen MR) is 80.8 cm³/mol. The molecule has 0 amide bonds. The van der Waals surface area contributed by atoms with Crippen molar-refractivity contribution in [3.63, 3.8) is 0 Å². The Balaban J connectivity index is 2.10. The minimum atomic E-state index is 0.576. The first-order chi connectivity index (χ1) is 9.75. The Bertz CT molecular complexity index is 780. The normalized spacial score (nSPS) is 11.2. The fourth-order valence-corrected chi connectivity index (χ4v) is 2.17. The Morgan fingerprint density at radius 2 is 1.65 bits per heavy atom. The molecule has 3 heteroatoms. The SMILES string of the molecule is Cc1nc2ccccc2[n+]([O-])c1C=Cc1ccccc1. The van der Waals surface area contributed by atoms with E-state index in [1.165, 1.54) is 0 Å². The van der Waals surface area contributed by atoms with Crippen LogP contribution in [0.2, 0.25) is 0 Å². The second kappa shape index (κ2) is 5.13. The third kappa shape index (κ3) is 2.26. The second-order valence-corrected chi connectivity index (χ2v) is 4.61. The first-order valence-electron chi connectivity index (χ1n) is 6.48. The molecule has 0 atom stereocenters. The van der Waals surface area contributed by atoms with Crippen molar-refractivity contribution in [2.45, 2.75) is 6.92 Å². The molecule has 0 bridgehead atoms. The second-order valence-electron chi connectivity index (χ2n) is 4.61. The van der Waals surface area contributed by atoms with Crippen molar-refractivity contribution < 1.29 is 4.73 Å². The van der Waals surface area contributed by atoms with Gasteiger partial charge in [-0.1, -0.05) is 42.5 Å². The van der Waals surface area contributed by atoms with Gasteiger partial charge in [0, 0.05) is 12.1 Å². The van der Waals surface area contributed by atoms with E-state index in [0.717, 1.165) is 21.5 Å². The topological polar surface area (TPSA) is 39.8 Å². The van der Waals surface area contributed by atoms with Crippen molar-refractivity contribution in [3.05, 3.63) is 76.8 Å². The van der Waals surface area contributed by atoms with Crippen LogP contribution < -0.4 is 4.73 Å². The van der Waals surface area contributed by atoms with Crippen molar-refractivity contribution in [2.24, 2.45) is 0 Å². The number of aromatic nitrogens is 2. The Morgan fingerprint density at radius 1 is 0.950 bits per heavy atom. The average molecular weight is 262 g/mol. The molecule has 0 aliphatic carbocycles. The van der Waals surface area contributed by atoms with Gasteiger partial charge >= 0.3 is 0 Å². The van der Waals surface area contributed by atoms with E-state index < -0.39 is 0 Å². The minimum Gasteiger partial charge on any atom is -0.618 e. The summed E-state index contributed by atoms with van der Waals surface area (Å²) >= 11 is 0. The van der Waals surface area contributed by atoms with Crippen molar-refractivity contribution in [2.75, 3.05) is 0 Å². The van der Waals surface area contributed by atoms with Crippen molar-refractivity contribution >= 4 is 23.2 Å². The van der Waals surface area contributed by atoms with E-state index in [1.807, 2.05) is 67.6 Å². The van der Waals surface area contributed by atoms with Crippen LogP contribution >= 0.6 is 0 Å². The summed E-state index contributed by atoms with van der Waals surface area (Å²) in [6, 6.07) is 17.3. The predicted octanol–water partition coefficient (Wildman–Crippen LogP) is 3.35. The van der Waals surface area contributed by atoms with Crippen molar-refractivity contribution in [3.8, 4) is 0 Å². The van der Waals surface area contributed by atoms with E-state index in [9.17, 15) is 5.21 Å². The van der Waals surface area contributed by atoms with Crippen LogP contribution in [-0.2, 0) is 0 Å². The summed E-state index contributed by atoms with van der Waals surface area (Å²) in [5.74, 6) is 0. The number of hydrogen-bond donors (Lipinski definition) is 0. The highest BCUT2D eigenvalue weighted by Crippen LogP contribution is 2.13. The van der Waals surface area contributed by atoms with Crippen LogP contribution in [0.1, 0.15) is 17.0 Å². The molecular weight excluding hydrogens is 248 g/mol. The molecule has 98 valence electrons. The smallest absolute Gasteiger partial charge is 0.242 e. The number of fused-ring (bicyclic) bond motifs is 1. The van der Waals surface area contributed by atoms with Crippen LogP contribution in [-0.4, -0.2) is 4.98 Å². The molecule has 2 aromatic carbocycles. The average Bonchev–Trinajstić information content (AvgIpc) is 2.48. The van der Waals surface area contributed by atoms with Gasteiger partial charge in [-0.05, 0) is 24.6 Å². The molecule has 0 radical (unpaired) electrons. The molecule has 3 rings (SSSR count). The number of aryl methyl sites for hydroxylation is 1. The maximum Gasteiger partial charge on any atom is 0.242 e. The lowest BCUT2D eigenvalue weighted by molar-refractivity contribution is -0.579. The summed E-state index contributed by atoms with van der Waals surface area (Å²) in [5.41, 5.74) is 3.67. The molecule has 0 saturated heterocycles. The van der Waals surface area contributed by atoms with E-state index in [0.29, 0.717) is 11.2 Å². The molecule has 0 fully saturated rings. The Morgan fingerprint density at radius 3 is 2.45 bits per heavy atom. The molecule has 0 saturated carbocycles. The maximum atomic E-state index is 12.4.